The van der Waals surface area contributed by atoms with E-state index in [-0.39, 0.29) is 0 Å². The van der Waals surface area contributed by atoms with Crippen LogP contribution in [0, 0.1) is 11.3 Å². The van der Waals surface area contributed by atoms with Gasteiger partial charge in [0.1, 0.15) is 0 Å². The molecule has 2 aliphatic rings. The van der Waals surface area contributed by atoms with Crippen LogP contribution in [0.25, 0.3) is 60.9 Å². The van der Waals surface area contributed by atoms with Gasteiger partial charge in [0.05, 0.1) is 33.8 Å². The highest BCUT2D eigenvalue weighted by atomic mass is 15.0. The van der Waals surface area contributed by atoms with Crippen LogP contribution in [-0.4, -0.2) is 4.57 Å². The molecule has 1 atom stereocenters. The van der Waals surface area contributed by atoms with Gasteiger partial charge in [-0.15, -0.1) is 0 Å². The van der Waals surface area contributed by atoms with Crippen molar-refractivity contribution in [2.24, 2.45) is 0 Å². The smallest absolute Gasteiger partial charge is 0.0991 e. The molecule has 0 fully saturated rings. The van der Waals surface area contributed by atoms with E-state index in [0.29, 0.717) is 5.56 Å². The van der Waals surface area contributed by atoms with E-state index in [9.17, 15) is 5.26 Å². The summed E-state index contributed by atoms with van der Waals surface area (Å²) in [4.78, 5) is 0. The minimum Gasteiger partial charge on any atom is -0.309 e. The molecule has 10 rings (SSSR count). The summed E-state index contributed by atoms with van der Waals surface area (Å²) in [5.41, 5.74) is 16.3. The number of rotatable bonds is 2. The molecule has 1 aromatic heterocycles. The molecular formula is C44H26N2. The van der Waals surface area contributed by atoms with Crippen molar-refractivity contribution < 1.29 is 0 Å². The van der Waals surface area contributed by atoms with Gasteiger partial charge < -0.3 is 4.57 Å². The van der Waals surface area contributed by atoms with Gasteiger partial charge in [0.25, 0.3) is 0 Å². The summed E-state index contributed by atoms with van der Waals surface area (Å²) in [5.74, 6) is 0. The predicted molar refractivity (Wildman–Crippen MR) is 187 cm³/mol. The van der Waals surface area contributed by atoms with Crippen molar-refractivity contribution in [2.75, 3.05) is 0 Å². The topological polar surface area (TPSA) is 28.7 Å². The number of fused-ring (bicyclic) bond motifs is 13. The molecule has 1 spiro atoms. The summed E-state index contributed by atoms with van der Waals surface area (Å²) in [7, 11) is 0. The first-order chi connectivity index (χ1) is 22.8. The van der Waals surface area contributed by atoms with E-state index < -0.39 is 5.41 Å². The highest BCUT2D eigenvalue weighted by Gasteiger charge is 2.52. The van der Waals surface area contributed by atoms with E-state index >= 15 is 0 Å². The second-order valence-electron chi connectivity index (χ2n) is 12.3. The fourth-order valence-corrected chi connectivity index (χ4v) is 8.58. The fourth-order valence-electron chi connectivity index (χ4n) is 8.58. The lowest BCUT2D eigenvalue weighted by Crippen LogP contribution is -2.25. The lowest BCUT2D eigenvalue weighted by atomic mass is 9.70. The zero-order chi connectivity index (χ0) is 30.4. The SMILES string of the molecule is N#Cc1cccc(-c2cccc3c2-c2ccccc2C32c3ccccc3-c3c(-n4c5ccccc5c5ccccc54)cccc32)c1. The summed E-state index contributed by atoms with van der Waals surface area (Å²) >= 11 is 0. The van der Waals surface area contributed by atoms with Gasteiger partial charge in [0.2, 0.25) is 0 Å². The summed E-state index contributed by atoms with van der Waals surface area (Å²) < 4.78 is 2.46. The fraction of sp³-hybridized carbons (Fsp3) is 0.0227. The van der Waals surface area contributed by atoms with Gasteiger partial charge >= 0.3 is 0 Å². The quantitative estimate of drug-likeness (QED) is 0.199. The maximum absolute atomic E-state index is 9.73. The molecule has 2 aliphatic carbocycles. The maximum atomic E-state index is 9.73. The highest BCUT2D eigenvalue weighted by molar-refractivity contribution is 6.10. The Morgan fingerprint density at radius 3 is 1.67 bits per heavy atom. The number of hydrogen-bond acceptors (Lipinski definition) is 1. The Kier molecular flexibility index (Phi) is 5.02. The Morgan fingerprint density at radius 2 is 0.978 bits per heavy atom. The molecule has 8 aromatic rings. The lowest BCUT2D eigenvalue weighted by molar-refractivity contribution is 0.793. The Balaban J connectivity index is 1.35. The molecular weight excluding hydrogens is 556 g/mol. The molecule has 0 saturated heterocycles. The van der Waals surface area contributed by atoms with Crippen LogP contribution in [0.4, 0.5) is 0 Å². The van der Waals surface area contributed by atoms with Gasteiger partial charge in [0.15, 0.2) is 0 Å². The third-order valence-electron chi connectivity index (χ3n) is 10.2. The second-order valence-corrected chi connectivity index (χ2v) is 12.3. The largest absolute Gasteiger partial charge is 0.309 e. The summed E-state index contributed by atoms with van der Waals surface area (Å²) in [5, 5.41) is 12.3. The molecule has 46 heavy (non-hydrogen) atoms. The Hall–Kier alpha value is -6.17. The van der Waals surface area contributed by atoms with E-state index in [1.807, 2.05) is 18.2 Å². The third kappa shape index (κ3) is 3.04. The van der Waals surface area contributed by atoms with Crippen LogP contribution in [-0.2, 0) is 5.41 Å². The lowest BCUT2D eigenvalue weighted by Gasteiger charge is -2.30. The van der Waals surface area contributed by atoms with Crippen LogP contribution in [0.3, 0.4) is 0 Å². The number of nitriles is 1. The van der Waals surface area contributed by atoms with Crippen LogP contribution in [0.2, 0.25) is 0 Å². The molecule has 2 heteroatoms. The number of nitrogens with zero attached hydrogens (tertiary/aromatic N) is 2. The van der Waals surface area contributed by atoms with E-state index in [4.69, 9.17) is 0 Å². The van der Waals surface area contributed by atoms with Crippen LogP contribution in [0.5, 0.6) is 0 Å². The molecule has 0 bridgehead atoms. The number of aromatic nitrogens is 1. The minimum atomic E-state index is -0.477. The van der Waals surface area contributed by atoms with E-state index in [1.54, 1.807) is 0 Å². The zero-order valence-corrected chi connectivity index (χ0v) is 24.9. The monoisotopic (exact) mass is 582 g/mol. The number of benzene rings is 7. The number of hydrogen-bond donors (Lipinski definition) is 0. The zero-order valence-electron chi connectivity index (χ0n) is 24.9. The standard InChI is InChI=1S/C44H26N2/c45-27-28-12-9-13-29(26-28)30-18-10-21-37-42(30)33-16-1-5-19-35(33)44(37)36-20-6-2-17-34(36)43-38(44)22-11-25-41(43)46-39-23-7-3-14-31(39)32-15-4-8-24-40(32)46/h1-26H. The van der Waals surface area contributed by atoms with Crippen molar-refractivity contribution in [3.05, 3.63) is 186 Å². The second kappa shape index (κ2) is 9.17. The van der Waals surface area contributed by atoms with E-state index in [0.717, 1.165) is 11.1 Å². The molecule has 2 nitrogen and oxygen atoms in total. The van der Waals surface area contributed by atoms with Gasteiger partial charge in [-0.05, 0) is 80.4 Å². The maximum Gasteiger partial charge on any atom is 0.0991 e. The third-order valence-corrected chi connectivity index (χ3v) is 10.2. The molecule has 0 amide bonds. The molecule has 212 valence electrons. The van der Waals surface area contributed by atoms with Crippen LogP contribution >= 0.6 is 0 Å². The minimum absolute atomic E-state index is 0.477. The van der Waals surface area contributed by atoms with Crippen molar-refractivity contribution in [3.63, 3.8) is 0 Å². The van der Waals surface area contributed by atoms with E-state index in [2.05, 4.69) is 150 Å². The van der Waals surface area contributed by atoms with Gasteiger partial charge in [-0.25, -0.2) is 0 Å². The first-order valence-electron chi connectivity index (χ1n) is 15.8. The van der Waals surface area contributed by atoms with Crippen LogP contribution in [0.1, 0.15) is 27.8 Å². The average Bonchev–Trinajstić information content (AvgIpc) is 3.74. The average molecular weight is 583 g/mol. The molecule has 7 aromatic carbocycles. The molecule has 1 unspecified atom stereocenters. The molecule has 1 heterocycles. The molecule has 0 radical (unpaired) electrons. The summed E-state index contributed by atoms with van der Waals surface area (Å²) in [6.07, 6.45) is 0. The van der Waals surface area contributed by atoms with Crippen LogP contribution in [0.15, 0.2) is 158 Å². The van der Waals surface area contributed by atoms with Gasteiger partial charge in [-0.2, -0.15) is 5.26 Å². The van der Waals surface area contributed by atoms with E-state index in [1.165, 1.54) is 72.0 Å². The van der Waals surface area contributed by atoms with Crippen molar-refractivity contribution in [2.45, 2.75) is 5.41 Å². The predicted octanol–water partition coefficient (Wildman–Crippen LogP) is 10.7. The summed E-state index contributed by atoms with van der Waals surface area (Å²) in [6.45, 7) is 0. The van der Waals surface area contributed by atoms with Crippen molar-refractivity contribution >= 4 is 21.8 Å². The Labute approximate surface area is 267 Å². The van der Waals surface area contributed by atoms with Gasteiger partial charge in [-0.1, -0.05) is 127 Å². The Bertz CT molecular complexity index is 2560. The van der Waals surface area contributed by atoms with Crippen molar-refractivity contribution in [1.82, 2.24) is 4.57 Å². The highest BCUT2D eigenvalue weighted by Crippen LogP contribution is 2.64. The first-order valence-corrected chi connectivity index (χ1v) is 15.8. The van der Waals surface area contributed by atoms with Crippen molar-refractivity contribution in [1.29, 1.82) is 5.26 Å². The normalized spacial score (nSPS) is 15.5. The Morgan fingerprint density at radius 1 is 0.457 bits per heavy atom. The summed E-state index contributed by atoms with van der Waals surface area (Å²) in [6, 6.07) is 59.4. The molecule has 0 saturated carbocycles. The van der Waals surface area contributed by atoms with Gasteiger partial charge in [0, 0.05) is 16.3 Å². The number of para-hydroxylation sites is 2. The van der Waals surface area contributed by atoms with Crippen LogP contribution < -0.4 is 0 Å². The molecule has 0 aliphatic heterocycles. The first kappa shape index (κ1) is 25.2. The van der Waals surface area contributed by atoms with Crippen molar-refractivity contribution in [3.8, 4) is 45.1 Å². The molecule has 0 N–H and O–H groups in total. The van der Waals surface area contributed by atoms with Gasteiger partial charge in [-0.3, -0.25) is 0 Å².